The van der Waals surface area contributed by atoms with Gasteiger partial charge >= 0.3 is 18.0 Å². The third-order valence-corrected chi connectivity index (χ3v) is 4.70. The first-order chi connectivity index (χ1) is 12.0. The van der Waals surface area contributed by atoms with Gasteiger partial charge in [0, 0.05) is 12.5 Å². The Morgan fingerprint density at radius 2 is 1.58 bits per heavy atom. The van der Waals surface area contributed by atoms with Crippen LogP contribution in [0.25, 0.3) is 0 Å². The van der Waals surface area contributed by atoms with E-state index >= 15 is 0 Å². The molecule has 0 heterocycles. The number of alkyl carbamates (subject to hydrolysis) is 1. The Bertz CT molecular complexity index is 463. The van der Waals surface area contributed by atoms with Crippen molar-refractivity contribution in [3.63, 3.8) is 0 Å². The van der Waals surface area contributed by atoms with Gasteiger partial charge in [-0.05, 0) is 17.8 Å². The van der Waals surface area contributed by atoms with Crippen LogP contribution in [0.4, 0.5) is 4.79 Å². The lowest BCUT2D eigenvalue weighted by molar-refractivity contribution is -0.178. The molecule has 0 saturated carbocycles. The average molecular weight is 373 g/mol. The number of ether oxygens (including phenoxy) is 2. The number of rotatable bonds is 11. The number of amides is 1. The van der Waals surface area contributed by atoms with Crippen molar-refractivity contribution >= 4 is 18.0 Å². The number of hydrogen-bond acceptors (Lipinski definition) is 5. The van der Waals surface area contributed by atoms with Crippen LogP contribution >= 0.6 is 0 Å². The van der Waals surface area contributed by atoms with E-state index in [1.807, 2.05) is 6.92 Å². The molecule has 0 fully saturated rings. The highest BCUT2D eigenvalue weighted by atomic mass is 16.7. The minimum atomic E-state index is -0.977. The molecule has 7 nitrogen and oxygen atoms in total. The van der Waals surface area contributed by atoms with Crippen molar-refractivity contribution < 1.29 is 29.0 Å². The molecule has 0 aromatic rings. The largest absolute Gasteiger partial charge is 0.481 e. The molecule has 0 aliphatic rings. The summed E-state index contributed by atoms with van der Waals surface area (Å²) in [5, 5.41) is 11.7. The number of carboxylic acids is 1. The SMILES string of the molecule is CC[C@@H](C)[C@@H](C)[C@H](CNC(=O)O[C@H](OC(=O)C(C)C)C(C)C)CC(=O)O. The monoisotopic (exact) mass is 373 g/mol. The fourth-order valence-corrected chi connectivity index (χ4v) is 2.41. The molecule has 0 aromatic carbocycles. The van der Waals surface area contributed by atoms with E-state index < -0.39 is 24.3 Å². The molecule has 0 aromatic heterocycles. The van der Waals surface area contributed by atoms with Crippen LogP contribution in [0.2, 0.25) is 0 Å². The maximum Gasteiger partial charge on any atom is 0.410 e. The molecule has 4 atom stereocenters. The predicted octanol–water partition coefficient (Wildman–Crippen LogP) is 3.67. The smallest absolute Gasteiger partial charge is 0.410 e. The van der Waals surface area contributed by atoms with Gasteiger partial charge in [0.1, 0.15) is 0 Å². The van der Waals surface area contributed by atoms with Gasteiger partial charge in [0.05, 0.1) is 12.3 Å². The first-order valence-corrected chi connectivity index (χ1v) is 9.36. The standard InChI is InChI=1S/C19H35NO6/c1-8-13(6)14(7)15(9-16(21)22)10-20-19(24)26-18(12(4)5)25-17(23)11(2)3/h11-15,18H,8-10H2,1-7H3,(H,20,24)(H,21,22)/t13-,14-,15+,18+/m1/s1. The summed E-state index contributed by atoms with van der Waals surface area (Å²) in [5.74, 6) is -1.58. The second-order valence-corrected chi connectivity index (χ2v) is 7.59. The molecule has 2 N–H and O–H groups in total. The summed E-state index contributed by atoms with van der Waals surface area (Å²) >= 11 is 0. The third-order valence-electron chi connectivity index (χ3n) is 4.70. The molecule has 0 bridgehead atoms. The van der Waals surface area contributed by atoms with Crippen LogP contribution in [-0.2, 0) is 19.1 Å². The van der Waals surface area contributed by atoms with Gasteiger partial charge in [-0.1, -0.05) is 54.9 Å². The van der Waals surface area contributed by atoms with Gasteiger partial charge in [-0.3, -0.25) is 9.59 Å². The van der Waals surface area contributed by atoms with Gasteiger partial charge in [0.15, 0.2) is 0 Å². The minimum Gasteiger partial charge on any atom is -0.481 e. The molecular weight excluding hydrogens is 338 g/mol. The van der Waals surface area contributed by atoms with Crippen molar-refractivity contribution in [1.82, 2.24) is 5.32 Å². The molecule has 0 saturated heterocycles. The number of carbonyl (C=O) groups is 3. The fraction of sp³-hybridized carbons (Fsp3) is 0.842. The first-order valence-electron chi connectivity index (χ1n) is 9.36. The summed E-state index contributed by atoms with van der Waals surface area (Å²) in [6.45, 7) is 13.3. The maximum absolute atomic E-state index is 12.1. The summed E-state index contributed by atoms with van der Waals surface area (Å²) in [4.78, 5) is 34.9. The van der Waals surface area contributed by atoms with Crippen LogP contribution in [0.1, 0.15) is 61.3 Å². The molecule has 26 heavy (non-hydrogen) atoms. The Hall–Kier alpha value is -1.79. The van der Waals surface area contributed by atoms with Crippen LogP contribution < -0.4 is 5.32 Å². The third kappa shape index (κ3) is 9.06. The summed E-state index contributed by atoms with van der Waals surface area (Å²) in [5.41, 5.74) is 0. The average Bonchev–Trinajstić information content (AvgIpc) is 2.55. The number of carboxylic acid groups (broad SMARTS) is 1. The van der Waals surface area contributed by atoms with E-state index in [-0.39, 0.29) is 36.6 Å². The highest BCUT2D eigenvalue weighted by Gasteiger charge is 2.27. The van der Waals surface area contributed by atoms with E-state index in [1.165, 1.54) is 0 Å². The fourth-order valence-electron chi connectivity index (χ4n) is 2.41. The highest BCUT2D eigenvalue weighted by Crippen LogP contribution is 2.25. The van der Waals surface area contributed by atoms with E-state index in [0.29, 0.717) is 5.92 Å². The van der Waals surface area contributed by atoms with Crippen LogP contribution in [0, 0.1) is 29.6 Å². The molecule has 152 valence electrons. The van der Waals surface area contributed by atoms with E-state index in [4.69, 9.17) is 14.6 Å². The first kappa shape index (κ1) is 24.2. The van der Waals surface area contributed by atoms with Crippen molar-refractivity contribution in [2.45, 2.75) is 67.6 Å². The van der Waals surface area contributed by atoms with Crippen molar-refractivity contribution in [3.8, 4) is 0 Å². The number of nitrogens with one attached hydrogen (secondary N) is 1. The molecule has 0 aliphatic carbocycles. The van der Waals surface area contributed by atoms with Crippen molar-refractivity contribution in [2.75, 3.05) is 6.54 Å². The zero-order valence-electron chi connectivity index (χ0n) is 17.1. The Morgan fingerprint density at radius 3 is 2.00 bits per heavy atom. The second-order valence-electron chi connectivity index (χ2n) is 7.59. The lowest BCUT2D eigenvalue weighted by atomic mass is 9.81. The molecule has 0 rings (SSSR count). The zero-order valence-corrected chi connectivity index (χ0v) is 17.1. The van der Waals surface area contributed by atoms with Gasteiger partial charge in [-0.15, -0.1) is 0 Å². The number of aliphatic carboxylic acids is 1. The van der Waals surface area contributed by atoms with Gasteiger partial charge < -0.3 is 19.9 Å². The minimum absolute atomic E-state index is 0.0261. The van der Waals surface area contributed by atoms with Gasteiger partial charge in [-0.2, -0.15) is 0 Å². The van der Waals surface area contributed by atoms with Crippen molar-refractivity contribution in [1.29, 1.82) is 0 Å². The van der Waals surface area contributed by atoms with E-state index in [9.17, 15) is 14.4 Å². The molecule has 0 radical (unpaired) electrons. The quantitative estimate of drug-likeness (QED) is 0.423. The number of carbonyl (C=O) groups excluding carboxylic acids is 2. The predicted molar refractivity (Wildman–Crippen MR) is 98.4 cm³/mol. The Labute approximate surface area is 156 Å². The van der Waals surface area contributed by atoms with Crippen molar-refractivity contribution in [2.24, 2.45) is 29.6 Å². The molecule has 0 aliphatic heterocycles. The summed E-state index contributed by atoms with van der Waals surface area (Å²) < 4.78 is 10.4. The molecule has 1 amide bonds. The summed E-state index contributed by atoms with van der Waals surface area (Å²) in [6.07, 6.45) is -0.786. The Kier molecular flexibility index (Phi) is 10.9. The molecular formula is C19H35NO6. The second kappa shape index (κ2) is 11.8. The Morgan fingerprint density at radius 1 is 1.00 bits per heavy atom. The normalized spacial score (nSPS) is 15.9. The summed E-state index contributed by atoms with van der Waals surface area (Å²) in [7, 11) is 0. The van der Waals surface area contributed by atoms with Crippen LogP contribution in [0.5, 0.6) is 0 Å². The van der Waals surface area contributed by atoms with Gasteiger partial charge in [0.25, 0.3) is 6.29 Å². The molecule has 0 unspecified atom stereocenters. The molecule has 7 heteroatoms. The topological polar surface area (TPSA) is 102 Å². The Balaban J connectivity index is 4.77. The lowest BCUT2D eigenvalue weighted by Crippen LogP contribution is -2.39. The zero-order chi connectivity index (χ0) is 20.4. The van der Waals surface area contributed by atoms with Crippen LogP contribution in [0.15, 0.2) is 0 Å². The van der Waals surface area contributed by atoms with Crippen LogP contribution in [-0.4, -0.2) is 36.0 Å². The van der Waals surface area contributed by atoms with E-state index in [2.05, 4.69) is 19.2 Å². The number of hydrogen-bond donors (Lipinski definition) is 2. The number of esters is 1. The maximum atomic E-state index is 12.1. The van der Waals surface area contributed by atoms with Gasteiger partial charge in [-0.25, -0.2) is 4.79 Å². The lowest BCUT2D eigenvalue weighted by Gasteiger charge is -2.28. The van der Waals surface area contributed by atoms with Crippen LogP contribution in [0.3, 0.4) is 0 Å². The highest BCUT2D eigenvalue weighted by molar-refractivity contribution is 5.72. The summed E-state index contributed by atoms with van der Waals surface area (Å²) in [6, 6.07) is 0. The van der Waals surface area contributed by atoms with E-state index in [0.717, 1.165) is 6.42 Å². The molecule has 0 spiro atoms. The van der Waals surface area contributed by atoms with Crippen molar-refractivity contribution in [3.05, 3.63) is 0 Å². The van der Waals surface area contributed by atoms with Gasteiger partial charge in [0.2, 0.25) is 0 Å². The van der Waals surface area contributed by atoms with E-state index in [1.54, 1.807) is 27.7 Å².